The van der Waals surface area contributed by atoms with Crippen LogP contribution in [0.2, 0.25) is 0 Å². The van der Waals surface area contributed by atoms with Crippen LogP contribution in [0.3, 0.4) is 0 Å². The molecule has 0 aromatic carbocycles. The van der Waals surface area contributed by atoms with Crippen LogP contribution in [0.25, 0.3) is 0 Å². The van der Waals surface area contributed by atoms with E-state index in [0.29, 0.717) is 17.9 Å². The second-order valence-electron chi connectivity index (χ2n) is 5.57. The number of rotatable bonds is 6. The van der Waals surface area contributed by atoms with Gasteiger partial charge >= 0.3 is 5.97 Å². The van der Waals surface area contributed by atoms with Crippen LogP contribution in [0.15, 0.2) is 0 Å². The molecule has 3 heteroatoms. The van der Waals surface area contributed by atoms with E-state index in [9.17, 15) is 9.90 Å². The van der Waals surface area contributed by atoms with Crippen molar-refractivity contribution in [3.8, 4) is 0 Å². The Morgan fingerprint density at radius 2 is 2.00 bits per heavy atom. The Morgan fingerprint density at radius 1 is 1.35 bits per heavy atom. The van der Waals surface area contributed by atoms with Crippen LogP contribution in [-0.4, -0.2) is 23.7 Å². The lowest BCUT2D eigenvalue weighted by Gasteiger charge is -2.31. The fourth-order valence-electron chi connectivity index (χ4n) is 2.67. The summed E-state index contributed by atoms with van der Waals surface area (Å²) in [6.07, 6.45) is 5.36. The molecule has 0 spiro atoms. The summed E-state index contributed by atoms with van der Waals surface area (Å²) in [5.41, 5.74) is 0. The van der Waals surface area contributed by atoms with Gasteiger partial charge < -0.3 is 10.4 Å². The van der Waals surface area contributed by atoms with E-state index < -0.39 is 5.97 Å². The third kappa shape index (κ3) is 4.30. The SMILES string of the molecule is CCC(C)C(C)NCC1CCCCC1C(=O)O. The van der Waals surface area contributed by atoms with E-state index in [4.69, 9.17) is 0 Å². The molecule has 0 radical (unpaired) electrons. The fraction of sp³-hybridized carbons (Fsp3) is 0.929. The summed E-state index contributed by atoms with van der Waals surface area (Å²) in [4.78, 5) is 11.2. The van der Waals surface area contributed by atoms with Crippen molar-refractivity contribution in [1.29, 1.82) is 0 Å². The van der Waals surface area contributed by atoms with Crippen LogP contribution in [-0.2, 0) is 4.79 Å². The van der Waals surface area contributed by atoms with Gasteiger partial charge in [0.2, 0.25) is 0 Å². The Morgan fingerprint density at radius 3 is 2.59 bits per heavy atom. The Hall–Kier alpha value is -0.570. The standard InChI is InChI=1S/C14H27NO2/c1-4-10(2)11(3)15-9-12-7-5-6-8-13(12)14(16)17/h10-13,15H,4-9H2,1-3H3,(H,16,17). The van der Waals surface area contributed by atoms with E-state index in [1.165, 1.54) is 12.8 Å². The summed E-state index contributed by atoms with van der Waals surface area (Å²) in [5, 5.41) is 12.7. The average molecular weight is 241 g/mol. The topological polar surface area (TPSA) is 49.3 Å². The summed E-state index contributed by atoms with van der Waals surface area (Å²) in [5.74, 6) is 0.253. The van der Waals surface area contributed by atoms with Crippen LogP contribution in [0.5, 0.6) is 0 Å². The molecule has 1 rings (SSSR count). The lowest BCUT2D eigenvalue weighted by Crippen LogP contribution is -2.40. The first kappa shape index (κ1) is 14.5. The van der Waals surface area contributed by atoms with Crippen molar-refractivity contribution in [3.05, 3.63) is 0 Å². The second kappa shape index (κ2) is 7.00. The highest BCUT2D eigenvalue weighted by molar-refractivity contribution is 5.70. The highest BCUT2D eigenvalue weighted by atomic mass is 16.4. The Labute approximate surface area is 105 Å². The highest BCUT2D eigenvalue weighted by Crippen LogP contribution is 2.30. The van der Waals surface area contributed by atoms with E-state index in [1.54, 1.807) is 0 Å². The molecule has 1 fully saturated rings. The van der Waals surface area contributed by atoms with Crippen LogP contribution in [0, 0.1) is 17.8 Å². The minimum Gasteiger partial charge on any atom is -0.481 e. The molecule has 0 amide bonds. The van der Waals surface area contributed by atoms with Crippen molar-refractivity contribution < 1.29 is 9.90 Å². The molecule has 0 aromatic heterocycles. The summed E-state index contributed by atoms with van der Waals surface area (Å²) in [6.45, 7) is 7.51. The minimum atomic E-state index is -0.604. The predicted molar refractivity (Wildman–Crippen MR) is 70.0 cm³/mol. The number of carboxylic acid groups (broad SMARTS) is 1. The molecule has 2 N–H and O–H groups in total. The van der Waals surface area contributed by atoms with Crippen molar-refractivity contribution in [2.45, 2.75) is 58.9 Å². The van der Waals surface area contributed by atoms with Gasteiger partial charge in [0.1, 0.15) is 0 Å². The molecule has 3 nitrogen and oxygen atoms in total. The summed E-state index contributed by atoms with van der Waals surface area (Å²) in [6, 6.07) is 0.483. The summed E-state index contributed by atoms with van der Waals surface area (Å²) >= 11 is 0. The molecule has 0 bridgehead atoms. The number of hydrogen-bond acceptors (Lipinski definition) is 2. The van der Waals surface area contributed by atoms with Gasteiger partial charge in [-0.3, -0.25) is 4.79 Å². The van der Waals surface area contributed by atoms with Gasteiger partial charge in [0.15, 0.2) is 0 Å². The lowest BCUT2D eigenvalue weighted by atomic mass is 9.79. The highest BCUT2D eigenvalue weighted by Gasteiger charge is 2.30. The molecule has 17 heavy (non-hydrogen) atoms. The van der Waals surface area contributed by atoms with Crippen LogP contribution in [0.1, 0.15) is 52.9 Å². The average Bonchev–Trinajstić information content (AvgIpc) is 2.35. The molecule has 0 aromatic rings. The third-order valence-electron chi connectivity index (χ3n) is 4.43. The number of carbonyl (C=O) groups is 1. The van der Waals surface area contributed by atoms with Gasteiger partial charge in [-0.2, -0.15) is 0 Å². The Bertz CT molecular complexity index is 242. The number of carboxylic acids is 1. The zero-order chi connectivity index (χ0) is 12.8. The van der Waals surface area contributed by atoms with E-state index >= 15 is 0 Å². The van der Waals surface area contributed by atoms with E-state index in [-0.39, 0.29) is 5.92 Å². The second-order valence-corrected chi connectivity index (χ2v) is 5.57. The van der Waals surface area contributed by atoms with Crippen molar-refractivity contribution in [3.63, 3.8) is 0 Å². The summed E-state index contributed by atoms with van der Waals surface area (Å²) in [7, 11) is 0. The van der Waals surface area contributed by atoms with Gasteiger partial charge in [0.05, 0.1) is 5.92 Å². The van der Waals surface area contributed by atoms with Crippen LogP contribution >= 0.6 is 0 Å². The first-order valence-electron chi connectivity index (χ1n) is 7.02. The Kier molecular flexibility index (Phi) is 5.96. The molecule has 1 aliphatic carbocycles. The zero-order valence-electron chi connectivity index (χ0n) is 11.4. The van der Waals surface area contributed by atoms with Gasteiger partial charge in [-0.1, -0.05) is 33.1 Å². The van der Waals surface area contributed by atoms with Gasteiger partial charge in [-0.15, -0.1) is 0 Å². The Balaban J connectivity index is 2.40. The predicted octanol–water partition coefficient (Wildman–Crippen LogP) is 2.90. The molecule has 4 unspecified atom stereocenters. The molecular weight excluding hydrogens is 214 g/mol. The number of hydrogen-bond donors (Lipinski definition) is 2. The molecule has 0 heterocycles. The monoisotopic (exact) mass is 241 g/mol. The molecule has 100 valence electrons. The van der Waals surface area contributed by atoms with Crippen molar-refractivity contribution in [2.75, 3.05) is 6.54 Å². The van der Waals surface area contributed by atoms with E-state index in [2.05, 4.69) is 26.1 Å². The van der Waals surface area contributed by atoms with E-state index in [0.717, 1.165) is 25.8 Å². The molecule has 0 aliphatic heterocycles. The molecule has 4 atom stereocenters. The molecule has 1 aliphatic rings. The van der Waals surface area contributed by atoms with Crippen molar-refractivity contribution in [2.24, 2.45) is 17.8 Å². The van der Waals surface area contributed by atoms with Crippen molar-refractivity contribution in [1.82, 2.24) is 5.32 Å². The largest absolute Gasteiger partial charge is 0.481 e. The first-order valence-corrected chi connectivity index (χ1v) is 7.02. The quantitative estimate of drug-likeness (QED) is 0.751. The van der Waals surface area contributed by atoms with Gasteiger partial charge in [-0.25, -0.2) is 0 Å². The lowest BCUT2D eigenvalue weighted by molar-refractivity contribution is -0.144. The maximum Gasteiger partial charge on any atom is 0.306 e. The van der Waals surface area contributed by atoms with Gasteiger partial charge in [-0.05, 0) is 38.1 Å². The number of aliphatic carboxylic acids is 1. The smallest absolute Gasteiger partial charge is 0.306 e. The van der Waals surface area contributed by atoms with Crippen LogP contribution in [0.4, 0.5) is 0 Å². The minimum absolute atomic E-state index is 0.125. The summed E-state index contributed by atoms with van der Waals surface area (Å²) < 4.78 is 0. The van der Waals surface area contributed by atoms with Gasteiger partial charge in [0.25, 0.3) is 0 Å². The molecule has 1 saturated carbocycles. The molecule has 0 saturated heterocycles. The maximum absolute atomic E-state index is 11.2. The zero-order valence-corrected chi connectivity index (χ0v) is 11.4. The third-order valence-corrected chi connectivity index (χ3v) is 4.43. The van der Waals surface area contributed by atoms with Gasteiger partial charge in [0, 0.05) is 6.04 Å². The first-order chi connectivity index (χ1) is 8.06. The van der Waals surface area contributed by atoms with Crippen LogP contribution < -0.4 is 5.32 Å². The maximum atomic E-state index is 11.2. The normalized spacial score (nSPS) is 28.6. The van der Waals surface area contributed by atoms with Crippen molar-refractivity contribution >= 4 is 5.97 Å². The number of nitrogens with one attached hydrogen (secondary N) is 1. The fourth-order valence-corrected chi connectivity index (χ4v) is 2.67. The molecular formula is C14H27NO2. The van der Waals surface area contributed by atoms with E-state index in [1.807, 2.05) is 0 Å².